The molecule has 9 heteroatoms. The van der Waals surface area contributed by atoms with Crippen LogP contribution in [0.1, 0.15) is 0 Å². The first-order chi connectivity index (χ1) is 10.9. The van der Waals surface area contributed by atoms with Crippen LogP contribution in [0, 0.1) is 0 Å². The van der Waals surface area contributed by atoms with Gasteiger partial charge in [-0.3, -0.25) is 9.62 Å². The fraction of sp³-hybridized carbons (Fsp3) is 0.500. The second kappa shape index (κ2) is 7.62. The van der Waals surface area contributed by atoms with Gasteiger partial charge in [0, 0.05) is 50.6 Å². The van der Waals surface area contributed by atoms with Crippen molar-refractivity contribution in [3.8, 4) is 0 Å². The molecule has 1 aliphatic heterocycles. The first-order valence-corrected chi connectivity index (χ1v) is 9.33. The molecule has 0 aromatic heterocycles. The predicted molar refractivity (Wildman–Crippen MR) is 91.0 cm³/mol. The molecule has 1 aliphatic rings. The Balaban J connectivity index is 1.86. The first kappa shape index (κ1) is 17.5. The van der Waals surface area contributed by atoms with Gasteiger partial charge in [0.2, 0.25) is 10.0 Å². The molecule has 128 valence electrons. The van der Waals surface area contributed by atoms with E-state index in [1.165, 1.54) is 0 Å². The van der Waals surface area contributed by atoms with E-state index >= 15 is 0 Å². The number of nitrogens with one attached hydrogen (secondary N) is 2. The van der Waals surface area contributed by atoms with Crippen LogP contribution in [-0.2, 0) is 10.0 Å². The summed E-state index contributed by atoms with van der Waals surface area (Å²) in [5.74, 6) is 0. The number of nitrogens with two attached hydrogens (primary N) is 1. The molecule has 23 heavy (non-hydrogen) atoms. The van der Waals surface area contributed by atoms with Gasteiger partial charge in [-0.05, 0) is 24.3 Å². The van der Waals surface area contributed by atoms with Gasteiger partial charge in [-0.15, -0.1) is 0 Å². The zero-order chi connectivity index (χ0) is 16.9. The minimum atomic E-state index is -3.30. The Bertz CT molecular complexity index is 624. The molecule has 0 saturated carbocycles. The van der Waals surface area contributed by atoms with Crippen molar-refractivity contribution in [3.63, 3.8) is 0 Å². The maximum absolute atomic E-state index is 12.2. The van der Waals surface area contributed by atoms with Gasteiger partial charge in [0.05, 0.1) is 6.26 Å². The van der Waals surface area contributed by atoms with Crippen molar-refractivity contribution >= 4 is 27.4 Å². The van der Waals surface area contributed by atoms with Gasteiger partial charge in [-0.25, -0.2) is 13.2 Å². The molecule has 0 aliphatic carbocycles. The van der Waals surface area contributed by atoms with Crippen LogP contribution >= 0.6 is 0 Å². The summed E-state index contributed by atoms with van der Waals surface area (Å²) in [4.78, 5) is 16.2. The summed E-state index contributed by atoms with van der Waals surface area (Å²) >= 11 is 0. The van der Waals surface area contributed by atoms with Crippen LogP contribution in [0.25, 0.3) is 0 Å². The van der Waals surface area contributed by atoms with E-state index in [1.807, 2.05) is 0 Å². The number of rotatable bonds is 5. The lowest BCUT2D eigenvalue weighted by Gasteiger charge is -2.34. The molecule has 1 saturated heterocycles. The Labute approximate surface area is 136 Å². The van der Waals surface area contributed by atoms with Crippen LogP contribution in [0.4, 0.5) is 16.2 Å². The standard InChI is InChI=1S/C14H23N5O3S/c1-23(21,22)17-13-4-2-12(3-5-13)16-14(20)19-10-8-18(7-6-15)9-11-19/h2-5,17H,6-11,15H2,1H3,(H,16,20). The predicted octanol–water partition coefficient (Wildman–Crippen LogP) is 0.166. The van der Waals surface area contributed by atoms with Gasteiger partial charge >= 0.3 is 6.03 Å². The average Bonchev–Trinajstić information content (AvgIpc) is 2.49. The molecule has 0 bridgehead atoms. The maximum atomic E-state index is 12.2. The van der Waals surface area contributed by atoms with Crippen molar-refractivity contribution in [2.45, 2.75) is 0 Å². The van der Waals surface area contributed by atoms with Crippen molar-refractivity contribution in [2.24, 2.45) is 5.73 Å². The highest BCUT2D eigenvalue weighted by atomic mass is 32.2. The number of anilines is 2. The maximum Gasteiger partial charge on any atom is 0.321 e. The fourth-order valence-electron chi connectivity index (χ4n) is 2.40. The van der Waals surface area contributed by atoms with E-state index in [-0.39, 0.29) is 6.03 Å². The van der Waals surface area contributed by atoms with Crippen LogP contribution in [-0.4, -0.2) is 69.8 Å². The topological polar surface area (TPSA) is 108 Å². The van der Waals surface area contributed by atoms with Crippen LogP contribution in [0.3, 0.4) is 0 Å². The molecule has 0 spiro atoms. The highest BCUT2D eigenvalue weighted by molar-refractivity contribution is 7.92. The number of hydrogen-bond acceptors (Lipinski definition) is 5. The Morgan fingerprint density at radius 3 is 2.22 bits per heavy atom. The molecule has 0 radical (unpaired) electrons. The van der Waals surface area contributed by atoms with Gasteiger partial charge in [-0.2, -0.15) is 0 Å². The van der Waals surface area contributed by atoms with E-state index in [9.17, 15) is 13.2 Å². The summed E-state index contributed by atoms with van der Waals surface area (Å²) in [6.07, 6.45) is 1.09. The number of carbonyl (C=O) groups is 1. The number of nitrogens with zero attached hydrogens (tertiary/aromatic N) is 2. The van der Waals surface area contributed by atoms with E-state index in [1.54, 1.807) is 29.2 Å². The smallest absolute Gasteiger partial charge is 0.321 e. The monoisotopic (exact) mass is 341 g/mol. The summed E-state index contributed by atoms with van der Waals surface area (Å²) in [5, 5.41) is 2.82. The molecule has 8 nitrogen and oxygen atoms in total. The molecule has 1 fully saturated rings. The van der Waals surface area contributed by atoms with Gasteiger partial charge in [0.1, 0.15) is 0 Å². The van der Waals surface area contributed by atoms with Gasteiger partial charge in [0.15, 0.2) is 0 Å². The fourth-order valence-corrected chi connectivity index (χ4v) is 2.96. The van der Waals surface area contributed by atoms with Crippen molar-refractivity contribution in [2.75, 3.05) is 55.6 Å². The second-order valence-electron chi connectivity index (χ2n) is 5.50. The van der Waals surface area contributed by atoms with E-state index in [2.05, 4.69) is 14.9 Å². The molecule has 4 N–H and O–H groups in total. The highest BCUT2D eigenvalue weighted by Crippen LogP contribution is 2.15. The van der Waals surface area contributed by atoms with E-state index in [4.69, 9.17) is 5.73 Å². The lowest BCUT2D eigenvalue weighted by Crippen LogP contribution is -2.50. The number of hydrogen-bond donors (Lipinski definition) is 3. The SMILES string of the molecule is CS(=O)(=O)Nc1ccc(NC(=O)N2CCN(CCN)CC2)cc1. The number of piperazine rings is 1. The van der Waals surface area contributed by atoms with Crippen LogP contribution in [0.15, 0.2) is 24.3 Å². The van der Waals surface area contributed by atoms with Crippen molar-refractivity contribution < 1.29 is 13.2 Å². The van der Waals surface area contributed by atoms with Crippen molar-refractivity contribution in [3.05, 3.63) is 24.3 Å². The number of carbonyl (C=O) groups excluding carboxylic acids is 1. The normalized spacial score (nSPS) is 16.2. The van der Waals surface area contributed by atoms with Crippen LogP contribution in [0.2, 0.25) is 0 Å². The molecular weight excluding hydrogens is 318 g/mol. The Morgan fingerprint density at radius 1 is 1.13 bits per heavy atom. The van der Waals surface area contributed by atoms with Crippen molar-refractivity contribution in [1.29, 1.82) is 0 Å². The third-order valence-electron chi connectivity index (χ3n) is 3.54. The minimum Gasteiger partial charge on any atom is -0.329 e. The Hall–Kier alpha value is -1.84. The molecule has 0 atom stereocenters. The van der Waals surface area contributed by atoms with E-state index in [0.717, 1.165) is 25.9 Å². The average molecular weight is 341 g/mol. The third kappa shape index (κ3) is 5.70. The highest BCUT2D eigenvalue weighted by Gasteiger charge is 2.20. The molecule has 2 amide bonds. The summed E-state index contributed by atoms with van der Waals surface area (Å²) in [7, 11) is -3.30. The minimum absolute atomic E-state index is 0.152. The lowest BCUT2D eigenvalue weighted by molar-refractivity contribution is 0.149. The second-order valence-corrected chi connectivity index (χ2v) is 7.25. The largest absolute Gasteiger partial charge is 0.329 e. The summed E-state index contributed by atoms with van der Waals surface area (Å²) < 4.78 is 24.7. The molecule has 1 heterocycles. The number of urea groups is 1. The molecule has 2 rings (SSSR count). The Morgan fingerprint density at radius 2 is 1.70 bits per heavy atom. The van der Waals surface area contributed by atoms with Crippen LogP contribution in [0.5, 0.6) is 0 Å². The summed E-state index contributed by atoms with van der Waals surface area (Å²) in [6.45, 7) is 4.45. The molecule has 0 unspecified atom stereocenters. The zero-order valence-corrected chi connectivity index (χ0v) is 14.0. The van der Waals surface area contributed by atoms with Gasteiger partial charge in [-0.1, -0.05) is 0 Å². The molecule has 1 aromatic carbocycles. The Kier molecular flexibility index (Phi) is 5.80. The third-order valence-corrected chi connectivity index (χ3v) is 4.15. The number of amides is 2. The van der Waals surface area contributed by atoms with Crippen LogP contribution < -0.4 is 15.8 Å². The molecular formula is C14H23N5O3S. The summed E-state index contributed by atoms with van der Waals surface area (Å²) in [6, 6.07) is 6.39. The van der Waals surface area contributed by atoms with E-state index < -0.39 is 10.0 Å². The van der Waals surface area contributed by atoms with E-state index in [0.29, 0.717) is 31.0 Å². The van der Waals surface area contributed by atoms with Gasteiger partial charge in [0.25, 0.3) is 0 Å². The first-order valence-electron chi connectivity index (χ1n) is 7.43. The lowest BCUT2D eigenvalue weighted by atomic mass is 10.3. The number of sulfonamides is 1. The van der Waals surface area contributed by atoms with Gasteiger partial charge < -0.3 is 16.0 Å². The summed E-state index contributed by atoms with van der Waals surface area (Å²) in [5.41, 5.74) is 6.61. The van der Waals surface area contributed by atoms with Crippen molar-refractivity contribution in [1.82, 2.24) is 9.80 Å². The quantitative estimate of drug-likeness (QED) is 0.707. The number of benzene rings is 1. The molecule has 1 aromatic rings. The zero-order valence-electron chi connectivity index (χ0n) is 13.2.